The van der Waals surface area contributed by atoms with E-state index in [0.29, 0.717) is 5.56 Å². The van der Waals surface area contributed by atoms with Crippen LogP contribution < -0.4 is 0 Å². The first-order chi connectivity index (χ1) is 9.65. The van der Waals surface area contributed by atoms with Crippen LogP contribution >= 0.6 is 0 Å². The summed E-state index contributed by atoms with van der Waals surface area (Å²) in [4.78, 5) is 4.54. The highest BCUT2D eigenvalue weighted by Crippen LogP contribution is 2.22. The number of halogens is 1. The molecule has 0 fully saturated rings. The number of fused-ring (bicyclic) bond motifs is 1. The maximum Gasteiger partial charge on any atom is 0.126 e. The van der Waals surface area contributed by atoms with E-state index >= 15 is 0 Å². The van der Waals surface area contributed by atoms with Gasteiger partial charge in [-0.2, -0.15) is 0 Å². The molecule has 0 aliphatic carbocycles. The van der Waals surface area contributed by atoms with Crippen LogP contribution in [0.2, 0.25) is 0 Å². The molecule has 2 rings (SSSR count). The topological polar surface area (TPSA) is 12.9 Å². The minimum Gasteiger partial charge on any atom is -0.253 e. The van der Waals surface area contributed by atoms with Crippen molar-refractivity contribution >= 4 is 10.9 Å². The van der Waals surface area contributed by atoms with Crippen molar-refractivity contribution in [1.82, 2.24) is 4.98 Å². The van der Waals surface area contributed by atoms with Gasteiger partial charge in [-0.1, -0.05) is 41.5 Å². The predicted molar refractivity (Wildman–Crippen MR) is 87.9 cm³/mol. The molecule has 112 valence electrons. The molecule has 1 aromatic heterocycles. The van der Waals surface area contributed by atoms with Crippen molar-refractivity contribution in [1.29, 1.82) is 0 Å². The first-order valence-electron chi connectivity index (χ1n) is 7.74. The zero-order valence-corrected chi connectivity index (χ0v) is 14.0. The molecule has 0 saturated carbocycles. The SMILES string of the molecule is CC.CC.CCc1cc(CC)c2cc(F)c(C)cc2n1. The van der Waals surface area contributed by atoms with Gasteiger partial charge in [0.25, 0.3) is 0 Å². The number of hydrogen-bond acceptors (Lipinski definition) is 1. The van der Waals surface area contributed by atoms with Gasteiger partial charge in [0.05, 0.1) is 5.52 Å². The first kappa shape index (κ1) is 18.6. The van der Waals surface area contributed by atoms with E-state index in [4.69, 9.17) is 0 Å². The molecule has 0 N–H and O–H groups in total. The summed E-state index contributed by atoms with van der Waals surface area (Å²) in [5, 5.41) is 0.947. The van der Waals surface area contributed by atoms with Crippen LogP contribution in [0, 0.1) is 12.7 Å². The molecule has 0 aliphatic rings. The molecule has 1 nitrogen and oxygen atoms in total. The highest BCUT2D eigenvalue weighted by molar-refractivity contribution is 5.83. The fourth-order valence-corrected chi connectivity index (χ4v) is 1.96. The lowest BCUT2D eigenvalue weighted by molar-refractivity contribution is 0.620. The Balaban J connectivity index is 0.000000829. The Morgan fingerprint density at radius 3 is 2.05 bits per heavy atom. The van der Waals surface area contributed by atoms with E-state index in [2.05, 4.69) is 24.9 Å². The van der Waals surface area contributed by atoms with E-state index in [-0.39, 0.29) is 5.82 Å². The highest BCUT2D eigenvalue weighted by atomic mass is 19.1. The molecule has 0 spiro atoms. The smallest absolute Gasteiger partial charge is 0.126 e. The van der Waals surface area contributed by atoms with Crippen molar-refractivity contribution < 1.29 is 4.39 Å². The fourth-order valence-electron chi connectivity index (χ4n) is 1.96. The Bertz CT molecular complexity index is 532. The monoisotopic (exact) mass is 277 g/mol. The number of benzene rings is 1. The summed E-state index contributed by atoms with van der Waals surface area (Å²) < 4.78 is 13.5. The summed E-state index contributed by atoms with van der Waals surface area (Å²) >= 11 is 0. The average molecular weight is 277 g/mol. The van der Waals surface area contributed by atoms with Gasteiger partial charge >= 0.3 is 0 Å². The number of hydrogen-bond donors (Lipinski definition) is 0. The zero-order chi connectivity index (χ0) is 15.7. The molecule has 2 aromatic rings. The minimum absolute atomic E-state index is 0.145. The summed E-state index contributed by atoms with van der Waals surface area (Å²) in [6, 6.07) is 5.52. The summed E-state index contributed by atoms with van der Waals surface area (Å²) in [5.41, 5.74) is 3.83. The van der Waals surface area contributed by atoms with Gasteiger partial charge in [0, 0.05) is 11.1 Å². The zero-order valence-electron chi connectivity index (χ0n) is 14.0. The molecule has 1 aromatic carbocycles. The molecule has 0 aliphatic heterocycles. The van der Waals surface area contributed by atoms with Crippen LogP contribution in [0.15, 0.2) is 18.2 Å². The second kappa shape index (κ2) is 9.46. The van der Waals surface area contributed by atoms with Crippen molar-refractivity contribution in [2.75, 3.05) is 0 Å². The Labute approximate surface area is 123 Å². The molecule has 0 saturated heterocycles. The number of pyridine rings is 1. The van der Waals surface area contributed by atoms with Crippen LogP contribution in [0.4, 0.5) is 4.39 Å². The second-order valence-electron chi connectivity index (χ2n) is 4.10. The largest absolute Gasteiger partial charge is 0.253 e. The number of aryl methyl sites for hydroxylation is 3. The van der Waals surface area contributed by atoms with Crippen LogP contribution in [0.5, 0.6) is 0 Å². The minimum atomic E-state index is -0.145. The molecule has 1 heterocycles. The van der Waals surface area contributed by atoms with Crippen LogP contribution in [-0.2, 0) is 12.8 Å². The molecule has 0 amide bonds. The summed E-state index contributed by atoms with van der Waals surface area (Å²) in [7, 11) is 0. The van der Waals surface area contributed by atoms with Crippen LogP contribution in [0.3, 0.4) is 0 Å². The predicted octanol–water partition coefficient (Wildman–Crippen LogP) is 5.86. The maximum absolute atomic E-state index is 13.5. The number of nitrogens with zero attached hydrogens (tertiary/aromatic N) is 1. The normalized spacial score (nSPS) is 9.40. The lowest BCUT2D eigenvalue weighted by Gasteiger charge is -2.08. The van der Waals surface area contributed by atoms with Gasteiger partial charge in [0.1, 0.15) is 5.82 Å². The molecule has 0 radical (unpaired) electrons. The van der Waals surface area contributed by atoms with E-state index in [1.807, 2.05) is 33.8 Å². The van der Waals surface area contributed by atoms with Gasteiger partial charge in [0.15, 0.2) is 0 Å². The van der Waals surface area contributed by atoms with E-state index in [0.717, 1.165) is 29.4 Å². The van der Waals surface area contributed by atoms with Crippen LogP contribution in [0.1, 0.15) is 58.4 Å². The Morgan fingerprint density at radius 2 is 1.55 bits per heavy atom. The summed E-state index contributed by atoms with van der Waals surface area (Å²) in [6.45, 7) is 14.0. The molecule has 0 bridgehead atoms. The van der Waals surface area contributed by atoms with Crippen LogP contribution in [-0.4, -0.2) is 4.98 Å². The maximum atomic E-state index is 13.5. The molecule has 20 heavy (non-hydrogen) atoms. The van der Waals surface area contributed by atoms with E-state index in [1.165, 1.54) is 5.56 Å². The lowest BCUT2D eigenvalue weighted by atomic mass is 10.0. The Hall–Kier alpha value is -1.44. The summed E-state index contributed by atoms with van der Waals surface area (Å²) in [5.74, 6) is -0.145. The van der Waals surface area contributed by atoms with Gasteiger partial charge in [0.2, 0.25) is 0 Å². The molecular weight excluding hydrogens is 249 g/mol. The second-order valence-corrected chi connectivity index (χ2v) is 4.10. The average Bonchev–Trinajstić information content (AvgIpc) is 2.51. The third-order valence-electron chi connectivity index (χ3n) is 2.97. The van der Waals surface area contributed by atoms with Crippen molar-refractivity contribution in [3.63, 3.8) is 0 Å². The third kappa shape index (κ3) is 4.29. The van der Waals surface area contributed by atoms with Gasteiger partial charge in [-0.05, 0) is 49.1 Å². The van der Waals surface area contributed by atoms with Crippen molar-refractivity contribution in [2.45, 2.75) is 61.3 Å². The van der Waals surface area contributed by atoms with Gasteiger partial charge < -0.3 is 0 Å². The quantitative estimate of drug-likeness (QED) is 0.670. The number of aromatic nitrogens is 1. The lowest BCUT2D eigenvalue weighted by Crippen LogP contribution is -1.95. The van der Waals surface area contributed by atoms with Gasteiger partial charge in [-0.25, -0.2) is 4.39 Å². The molecule has 0 atom stereocenters. The molecular formula is C18H28FN. The standard InChI is InChI=1S/C14H16FN.2C2H6/c1-4-10-7-11(5-2)16-14-6-9(3)13(15)8-12(10)14;2*1-2/h6-8H,4-5H2,1-3H3;2*1-2H3. The summed E-state index contributed by atoms with van der Waals surface area (Å²) in [6.07, 6.45) is 1.83. The van der Waals surface area contributed by atoms with Gasteiger partial charge in [-0.3, -0.25) is 4.98 Å². The Morgan fingerprint density at radius 1 is 0.950 bits per heavy atom. The van der Waals surface area contributed by atoms with E-state index in [9.17, 15) is 4.39 Å². The number of rotatable bonds is 2. The van der Waals surface area contributed by atoms with Gasteiger partial charge in [-0.15, -0.1) is 0 Å². The van der Waals surface area contributed by atoms with E-state index in [1.54, 1.807) is 13.0 Å². The fraction of sp³-hybridized carbons (Fsp3) is 0.500. The van der Waals surface area contributed by atoms with Crippen molar-refractivity contribution in [2.24, 2.45) is 0 Å². The van der Waals surface area contributed by atoms with Crippen LogP contribution in [0.25, 0.3) is 10.9 Å². The van der Waals surface area contributed by atoms with Crippen molar-refractivity contribution in [3.05, 3.63) is 40.8 Å². The molecule has 2 heteroatoms. The van der Waals surface area contributed by atoms with E-state index < -0.39 is 0 Å². The molecule has 0 unspecified atom stereocenters. The highest BCUT2D eigenvalue weighted by Gasteiger charge is 2.07. The third-order valence-corrected chi connectivity index (χ3v) is 2.97. The van der Waals surface area contributed by atoms with Crippen molar-refractivity contribution in [3.8, 4) is 0 Å². The first-order valence-corrected chi connectivity index (χ1v) is 7.74. The Kier molecular flexibility index (Phi) is 8.78.